The molecule has 22 heavy (non-hydrogen) atoms. The van der Waals surface area contributed by atoms with Crippen molar-refractivity contribution in [2.45, 2.75) is 39.0 Å². The van der Waals surface area contributed by atoms with Crippen LogP contribution in [0.25, 0.3) is 0 Å². The molecule has 0 spiro atoms. The maximum atomic E-state index is 12.8. The number of nitrogens with zero attached hydrogens (tertiary/aromatic N) is 3. The van der Waals surface area contributed by atoms with Crippen LogP contribution >= 0.6 is 0 Å². The first-order chi connectivity index (χ1) is 10.6. The van der Waals surface area contributed by atoms with Gasteiger partial charge in [-0.15, -0.1) is 0 Å². The number of hydrogen-bond donors (Lipinski definition) is 0. The molecule has 0 saturated carbocycles. The first-order valence-electron chi connectivity index (χ1n) is 8.70. The monoisotopic (exact) mass is 333 g/mol. The highest BCUT2D eigenvalue weighted by Crippen LogP contribution is 2.13. The number of hydrogen-bond acceptors (Lipinski definition) is 4. The van der Waals surface area contributed by atoms with E-state index >= 15 is 0 Å². The minimum atomic E-state index is -3.34. The average Bonchev–Trinajstić information content (AvgIpc) is 2.81. The quantitative estimate of drug-likeness (QED) is 0.701. The summed E-state index contributed by atoms with van der Waals surface area (Å²) in [7, 11) is -3.34. The van der Waals surface area contributed by atoms with Crippen molar-refractivity contribution in [1.29, 1.82) is 0 Å². The molecule has 0 N–H and O–H groups in total. The molecular weight excluding hydrogens is 302 g/mol. The van der Waals surface area contributed by atoms with Crippen molar-refractivity contribution in [3.05, 3.63) is 0 Å². The number of rotatable bonds is 7. The van der Waals surface area contributed by atoms with E-state index in [1.165, 1.54) is 25.7 Å². The Morgan fingerprint density at radius 3 is 2.18 bits per heavy atom. The van der Waals surface area contributed by atoms with E-state index in [1.807, 2.05) is 6.92 Å². The Labute approximate surface area is 135 Å². The zero-order valence-corrected chi connectivity index (χ0v) is 14.7. The Hall–Kier alpha value is -0.210. The Kier molecular flexibility index (Phi) is 7.56. The molecule has 0 radical (unpaired) electrons. The van der Waals surface area contributed by atoms with Crippen LogP contribution in [0.2, 0.25) is 0 Å². The van der Waals surface area contributed by atoms with E-state index in [1.54, 1.807) is 8.61 Å². The van der Waals surface area contributed by atoms with Gasteiger partial charge in [-0.1, -0.05) is 19.8 Å². The molecule has 130 valence electrons. The van der Waals surface area contributed by atoms with E-state index in [4.69, 9.17) is 4.74 Å². The fourth-order valence-corrected chi connectivity index (χ4v) is 4.81. The van der Waals surface area contributed by atoms with Crippen LogP contribution in [0.1, 0.15) is 39.0 Å². The Balaban J connectivity index is 1.92. The normalized spacial score (nSPS) is 22.8. The van der Waals surface area contributed by atoms with E-state index < -0.39 is 10.2 Å². The van der Waals surface area contributed by atoms with Gasteiger partial charge in [0, 0.05) is 32.7 Å². The molecule has 2 aliphatic heterocycles. The predicted octanol–water partition coefficient (Wildman–Crippen LogP) is 1.15. The first kappa shape index (κ1) is 18.1. The van der Waals surface area contributed by atoms with Crippen molar-refractivity contribution >= 4 is 10.2 Å². The van der Waals surface area contributed by atoms with Gasteiger partial charge in [0.2, 0.25) is 0 Å². The largest absolute Gasteiger partial charge is 0.379 e. The second-order valence-corrected chi connectivity index (χ2v) is 8.10. The third-order valence-electron chi connectivity index (χ3n) is 4.46. The van der Waals surface area contributed by atoms with E-state index in [0.717, 1.165) is 26.1 Å². The summed E-state index contributed by atoms with van der Waals surface area (Å²) < 4.78 is 34.1. The molecule has 2 fully saturated rings. The van der Waals surface area contributed by atoms with Crippen molar-refractivity contribution < 1.29 is 13.2 Å². The summed E-state index contributed by atoms with van der Waals surface area (Å²) >= 11 is 0. The van der Waals surface area contributed by atoms with Crippen molar-refractivity contribution in [2.75, 3.05) is 59.0 Å². The molecule has 0 atom stereocenters. The lowest BCUT2D eigenvalue weighted by molar-refractivity contribution is 0.0699. The zero-order chi connectivity index (χ0) is 15.8. The minimum Gasteiger partial charge on any atom is -0.379 e. The lowest BCUT2D eigenvalue weighted by atomic mass is 10.2. The lowest BCUT2D eigenvalue weighted by Gasteiger charge is -2.33. The summed E-state index contributed by atoms with van der Waals surface area (Å²) in [6.07, 6.45) is 5.94. The van der Waals surface area contributed by atoms with Gasteiger partial charge in [-0.3, -0.25) is 0 Å². The molecule has 0 aliphatic carbocycles. The Bertz CT molecular complexity index is 402. The van der Waals surface area contributed by atoms with E-state index in [0.29, 0.717) is 39.4 Å². The fraction of sp³-hybridized carbons (Fsp3) is 1.00. The summed E-state index contributed by atoms with van der Waals surface area (Å²) in [5.74, 6) is 0. The van der Waals surface area contributed by atoms with E-state index in [2.05, 4.69) is 4.90 Å². The second kappa shape index (κ2) is 9.17. The molecule has 2 aliphatic rings. The van der Waals surface area contributed by atoms with Gasteiger partial charge in [0.25, 0.3) is 10.2 Å². The molecule has 0 aromatic heterocycles. The molecule has 7 heteroatoms. The third-order valence-corrected chi connectivity index (χ3v) is 6.50. The molecule has 0 unspecified atom stereocenters. The molecule has 0 aromatic carbocycles. The molecule has 0 aromatic rings. The van der Waals surface area contributed by atoms with Crippen LogP contribution in [0, 0.1) is 0 Å². The molecule has 2 saturated heterocycles. The highest BCUT2D eigenvalue weighted by molar-refractivity contribution is 7.86. The smallest absolute Gasteiger partial charge is 0.282 e. The summed E-state index contributed by atoms with van der Waals surface area (Å²) in [4.78, 5) is 2.42. The number of ether oxygens (including phenoxy) is 1. The van der Waals surface area contributed by atoms with Gasteiger partial charge in [0.1, 0.15) is 0 Å². The van der Waals surface area contributed by atoms with Gasteiger partial charge in [0.05, 0.1) is 13.2 Å². The van der Waals surface area contributed by atoms with Gasteiger partial charge in [0.15, 0.2) is 0 Å². The van der Waals surface area contributed by atoms with Gasteiger partial charge in [-0.05, 0) is 32.4 Å². The van der Waals surface area contributed by atoms with E-state index in [-0.39, 0.29) is 0 Å². The van der Waals surface area contributed by atoms with Crippen LogP contribution in [-0.4, -0.2) is 81.0 Å². The molecule has 2 rings (SSSR count). The SMILES string of the molecule is CCCN(CCN1CCCCCC1)S(=O)(=O)N1CCOCC1. The van der Waals surface area contributed by atoms with E-state index in [9.17, 15) is 8.42 Å². The standard InChI is InChI=1S/C15H31N3O3S/c1-2-7-17(11-10-16-8-5-3-4-6-9-16)22(19,20)18-12-14-21-15-13-18/h2-15H2,1H3. The van der Waals surface area contributed by atoms with Gasteiger partial charge >= 0.3 is 0 Å². The Morgan fingerprint density at radius 2 is 1.59 bits per heavy atom. The summed E-state index contributed by atoms with van der Waals surface area (Å²) in [5, 5.41) is 0. The van der Waals surface area contributed by atoms with Gasteiger partial charge in [-0.2, -0.15) is 17.0 Å². The van der Waals surface area contributed by atoms with Crippen molar-refractivity contribution in [3.63, 3.8) is 0 Å². The first-order valence-corrected chi connectivity index (χ1v) is 10.1. The lowest BCUT2D eigenvalue weighted by Crippen LogP contribution is -2.50. The predicted molar refractivity (Wildman–Crippen MR) is 88.1 cm³/mol. The van der Waals surface area contributed by atoms with Crippen molar-refractivity contribution in [2.24, 2.45) is 0 Å². The van der Waals surface area contributed by atoms with Crippen molar-refractivity contribution in [3.8, 4) is 0 Å². The fourth-order valence-electron chi connectivity index (χ4n) is 3.15. The summed E-state index contributed by atoms with van der Waals surface area (Å²) in [6, 6.07) is 0. The third kappa shape index (κ3) is 5.16. The van der Waals surface area contributed by atoms with Crippen LogP contribution in [0.15, 0.2) is 0 Å². The molecule has 0 amide bonds. The molecule has 2 heterocycles. The minimum absolute atomic E-state index is 0.478. The zero-order valence-electron chi connectivity index (χ0n) is 13.9. The highest BCUT2D eigenvalue weighted by Gasteiger charge is 2.30. The second-order valence-electron chi connectivity index (χ2n) is 6.17. The van der Waals surface area contributed by atoms with Gasteiger partial charge in [-0.25, -0.2) is 0 Å². The van der Waals surface area contributed by atoms with Crippen LogP contribution in [0.3, 0.4) is 0 Å². The van der Waals surface area contributed by atoms with Gasteiger partial charge < -0.3 is 9.64 Å². The average molecular weight is 333 g/mol. The van der Waals surface area contributed by atoms with Crippen LogP contribution in [0.4, 0.5) is 0 Å². The van der Waals surface area contributed by atoms with Crippen LogP contribution in [0.5, 0.6) is 0 Å². The maximum Gasteiger partial charge on any atom is 0.282 e. The summed E-state index contributed by atoms with van der Waals surface area (Å²) in [5.41, 5.74) is 0. The maximum absolute atomic E-state index is 12.8. The number of morpholine rings is 1. The molecular formula is C15H31N3O3S. The topological polar surface area (TPSA) is 53.1 Å². The highest BCUT2D eigenvalue weighted by atomic mass is 32.2. The number of likely N-dealkylation sites (tertiary alicyclic amines) is 1. The molecule has 6 nitrogen and oxygen atoms in total. The van der Waals surface area contributed by atoms with Crippen LogP contribution < -0.4 is 0 Å². The Morgan fingerprint density at radius 1 is 0.955 bits per heavy atom. The summed E-state index contributed by atoms with van der Waals surface area (Å²) in [6.45, 7) is 8.28. The van der Waals surface area contributed by atoms with Crippen molar-refractivity contribution in [1.82, 2.24) is 13.5 Å². The molecule has 0 bridgehead atoms. The van der Waals surface area contributed by atoms with Crippen LogP contribution in [-0.2, 0) is 14.9 Å².